The van der Waals surface area contributed by atoms with Gasteiger partial charge in [-0.2, -0.15) is 0 Å². The van der Waals surface area contributed by atoms with Crippen molar-refractivity contribution >= 4 is 22.6 Å². The summed E-state index contributed by atoms with van der Waals surface area (Å²) in [6.45, 7) is 2.29. The molecule has 1 heterocycles. The molecular formula is C24H23NO4. The number of nitrogens with zero attached hydrogens (tertiary/aromatic N) is 1. The average molecular weight is 389 g/mol. The van der Waals surface area contributed by atoms with Crippen molar-refractivity contribution in [3.63, 3.8) is 0 Å². The van der Waals surface area contributed by atoms with Crippen LogP contribution in [0.15, 0.2) is 66.7 Å². The van der Waals surface area contributed by atoms with Gasteiger partial charge in [-0.15, -0.1) is 0 Å². The van der Waals surface area contributed by atoms with Crippen molar-refractivity contribution in [2.75, 3.05) is 13.2 Å². The van der Waals surface area contributed by atoms with Gasteiger partial charge in [0, 0.05) is 18.4 Å². The third-order valence-electron chi connectivity index (χ3n) is 5.23. The van der Waals surface area contributed by atoms with Gasteiger partial charge in [-0.05, 0) is 29.5 Å². The molecule has 1 atom stereocenters. The molecule has 0 N–H and O–H groups in total. The van der Waals surface area contributed by atoms with Crippen LogP contribution in [0.3, 0.4) is 0 Å². The Morgan fingerprint density at radius 3 is 2.52 bits per heavy atom. The highest BCUT2D eigenvalue weighted by Crippen LogP contribution is 2.27. The molecule has 5 heteroatoms. The van der Waals surface area contributed by atoms with Crippen LogP contribution < -0.4 is 4.74 Å². The Balaban J connectivity index is 1.54. The summed E-state index contributed by atoms with van der Waals surface area (Å²) in [7, 11) is 0. The zero-order chi connectivity index (χ0) is 20.2. The lowest BCUT2D eigenvalue weighted by Gasteiger charge is -2.35. The average Bonchev–Trinajstić information content (AvgIpc) is 2.76. The van der Waals surface area contributed by atoms with Crippen LogP contribution in [0, 0.1) is 0 Å². The van der Waals surface area contributed by atoms with Gasteiger partial charge in [0.05, 0.1) is 6.61 Å². The summed E-state index contributed by atoms with van der Waals surface area (Å²) in [6.07, 6.45) is 0.453. The van der Waals surface area contributed by atoms with Crippen molar-refractivity contribution in [2.45, 2.75) is 25.9 Å². The molecule has 3 aromatic rings. The van der Waals surface area contributed by atoms with E-state index in [9.17, 15) is 9.59 Å². The van der Waals surface area contributed by atoms with Gasteiger partial charge in [0.2, 0.25) is 0 Å². The van der Waals surface area contributed by atoms with E-state index in [4.69, 9.17) is 9.47 Å². The van der Waals surface area contributed by atoms with Crippen LogP contribution in [0.1, 0.15) is 18.1 Å². The summed E-state index contributed by atoms with van der Waals surface area (Å²) in [5.41, 5.74) is 2.12. The van der Waals surface area contributed by atoms with E-state index in [1.807, 2.05) is 66.7 Å². The number of hydrogen-bond donors (Lipinski definition) is 0. The zero-order valence-corrected chi connectivity index (χ0v) is 16.3. The normalized spacial score (nSPS) is 15.6. The van der Waals surface area contributed by atoms with Crippen molar-refractivity contribution in [1.82, 2.24) is 4.90 Å². The van der Waals surface area contributed by atoms with E-state index in [1.165, 1.54) is 0 Å². The van der Waals surface area contributed by atoms with Crippen LogP contribution in [0.4, 0.5) is 0 Å². The van der Waals surface area contributed by atoms with E-state index in [-0.39, 0.29) is 25.1 Å². The molecule has 1 amide bonds. The molecule has 0 radical (unpaired) electrons. The van der Waals surface area contributed by atoms with E-state index in [1.54, 1.807) is 11.8 Å². The topological polar surface area (TPSA) is 55.8 Å². The predicted octanol–water partition coefficient (Wildman–Crippen LogP) is 3.74. The van der Waals surface area contributed by atoms with Gasteiger partial charge in [0.15, 0.2) is 6.61 Å². The highest BCUT2D eigenvalue weighted by Gasteiger charge is 2.35. The minimum absolute atomic E-state index is 0.133. The fourth-order valence-electron chi connectivity index (χ4n) is 3.78. The molecule has 1 aliphatic heterocycles. The van der Waals surface area contributed by atoms with Gasteiger partial charge in [0.1, 0.15) is 11.8 Å². The zero-order valence-electron chi connectivity index (χ0n) is 16.3. The third kappa shape index (κ3) is 3.94. The van der Waals surface area contributed by atoms with E-state index in [0.29, 0.717) is 18.7 Å². The summed E-state index contributed by atoms with van der Waals surface area (Å²) in [4.78, 5) is 27.1. The van der Waals surface area contributed by atoms with Crippen molar-refractivity contribution in [1.29, 1.82) is 0 Å². The number of carbonyl (C=O) groups is 2. The maximum atomic E-state index is 13.0. The molecule has 1 unspecified atom stereocenters. The third-order valence-corrected chi connectivity index (χ3v) is 5.23. The Hall–Kier alpha value is -3.34. The molecule has 148 valence electrons. The van der Waals surface area contributed by atoms with Crippen molar-refractivity contribution in [3.8, 4) is 5.75 Å². The Morgan fingerprint density at radius 1 is 0.966 bits per heavy atom. The highest BCUT2D eigenvalue weighted by atomic mass is 16.5. The molecule has 0 aliphatic carbocycles. The first-order chi connectivity index (χ1) is 14.2. The van der Waals surface area contributed by atoms with E-state index < -0.39 is 6.04 Å². The van der Waals surface area contributed by atoms with E-state index in [0.717, 1.165) is 21.9 Å². The number of esters is 1. The van der Waals surface area contributed by atoms with Crippen molar-refractivity contribution in [3.05, 3.63) is 77.9 Å². The molecule has 0 aromatic heterocycles. The molecule has 0 saturated heterocycles. The number of benzene rings is 3. The Labute approximate surface area is 169 Å². The summed E-state index contributed by atoms with van der Waals surface area (Å²) in [5, 5.41) is 2.00. The standard InChI is InChI=1S/C24H23NO4/c1-2-28-24(27)21-14-18-9-3-4-10-19(18)15-25(21)23(26)16-29-22-13-7-11-17-8-5-6-12-20(17)22/h3-13,21H,2,14-16H2,1H3. The van der Waals surface area contributed by atoms with Crippen LogP contribution in [0.25, 0.3) is 10.8 Å². The van der Waals surface area contributed by atoms with Gasteiger partial charge in [-0.3, -0.25) is 4.79 Å². The maximum Gasteiger partial charge on any atom is 0.329 e. The first kappa shape index (κ1) is 19.0. The highest BCUT2D eigenvalue weighted by molar-refractivity contribution is 5.89. The fourth-order valence-corrected chi connectivity index (χ4v) is 3.78. The smallest absolute Gasteiger partial charge is 0.329 e. The molecule has 5 nitrogen and oxygen atoms in total. The number of hydrogen-bond acceptors (Lipinski definition) is 4. The van der Waals surface area contributed by atoms with E-state index in [2.05, 4.69) is 0 Å². The molecule has 3 aromatic carbocycles. The molecule has 29 heavy (non-hydrogen) atoms. The number of rotatable bonds is 5. The van der Waals surface area contributed by atoms with Crippen LogP contribution in [0.2, 0.25) is 0 Å². The van der Waals surface area contributed by atoms with Gasteiger partial charge in [0.25, 0.3) is 5.91 Å². The van der Waals surface area contributed by atoms with Crippen molar-refractivity contribution < 1.29 is 19.1 Å². The fraction of sp³-hybridized carbons (Fsp3) is 0.250. The number of amides is 1. The van der Waals surface area contributed by atoms with Gasteiger partial charge in [-0.25, -0.2) is 4.79 Å². The minimum atomic E-state index is -0.631. The lowest BCUT2D eigenvalue weighted by atomic mass is 9.94. The first-order valence-corrected chi connectivity index (χ1v) is 9.81. The summed E-state index contributed by atoms with van der Waals surface area (Å²) in [6, 6.07) is 20.9. The quantitative estimate of drug-likeness (QED) is 0.624. The van der Waals surface area contributed by atoms with Crippen LogP contribution in [-0.4, -0.2) is 36.0 Å². The largest absolute Gasteiger partial charge is 0.483 e. The maximum absolute atomic E-state index is 13.0. The molecular weight excluding hydrogens is 366 g/mol. The van der Waals surface area contributed by atoms with Crippen LogP contribution in [0.5, 0.6) is 5.75 Å². The summed E-state index contributed by atoms with van der Waals surface area (Å²) < 4.78 is 11.1. The SMILES string of the molecule is CCOC(=O)C1Cc2ccccc2CN1C(=O)COc1cccc2ccccc12. The molecule has 1 aliphatic rings. The van der Waals surface area contributed by atoms with Gasteiger partial charge >= 0.3 is 5.97 Å². The monoisotopic (exact) mass is 389 g/mol. The van der Waals surface area contributed by atoms with Crippen molar-refractivity contribution in [2.24, 2.45) is 0 Å². The Kier molecular flexibility index (Phi) is 5.47. The molecule has 4 rings (SSSR count). The summed E-state index contributed by atoms with van der Waals surface area (Å²) >= 11 is 0. The van der Waals surface area contributed by atoms with E-state index >= 15 is 0 Å². The minimum Gasteiger partial charge on any atom is -0.483 e. The molecule has 0 spiro atoms. The number of fused-ring (bicyclic) bond motifs is 2. The number of carbonyl (C=O) groups excluding carboxylic acids is 2. The molecule has 0 fully saturated rings. The Bertz CT molecular complexity index is 1040. The molecule has 0 bridgehead atoms. The number of ether oxygens (including phenoxy) is 2. The second kappa shape index (κ2) is 8.35. The second-order valence-electron chi connectivity index (χ2n) is 7.03. The van der Waals surface area contributed by atoms with Crippen LogP contribution in [-0.2, 0) is 27.3 Å². The van der Waals surface area contributed by atoms with Crippen LogP contribution >= 0.6 is 0 Å². The summed E-state index contributed by atoms with van der Waals surface area (Å²) in [5.74, 6) is 0.0487. The first-order valence-electron chi connectivity index (χ1n) is 9.81. The Morgan fingerprint density at radius 2 is 1.69 bits per heavy atom. The lowest BCUT2D eigenvalue weighted by Crippen LogP contribution is -2.50. The lowest BCUT2D eigenvalue weighted by molar-refractivity contribution is -0.156. The van der Waals surface area contributed by atoms with Gasteiger partial charge in [-0.1, -0.05) is 60.7 Å². The second-order valence-corrected chi connectivity index (χ2v) is 7.03. The predicted molar refractivity (Wildman–Crippen MR) is 111 cm³/mol. The molecule has 0 saturated carbocycles. The van der Waals surface area contributed by atoms with Gasteiger partial charge < -0.3 is 14.4 Å².